The maximum absolute atomic E-state index is 13.2. The lowest BCUT2D eigenvalue weighted by atomic mass is 10.1. The molecule has 0 amide bonds. The number of rotatable bonds is 3. The first kappa shape index (κ1) is 17.0. The quantitative estimate of drug-likeness (QED) is 0.762. The van der Waals surface area contributed by atoms with E-state index in [1.807, 2.05) is 5.38 Å². The summed E-state index contributed by atoms with van der Waals surface area (Å²) in [4.78, 5) is 1.49. The van der Waals surface area contributed by atoms with Crippen molar-refractivity contribution < 1.29 is 8.42 Å². The average molecular weight is 370 g/mol. The summed E-state index contributed by atoms with van der Waals surface area (Å²) in [6.45, 7) is 2.64. The highest BCUT2D eigenvalue weighted by molar-refractivity contribution is 7.89. The van der Waals surface area contributed by atoms with Crippen LogP contribution in [0.25, 0.3) is 0 Å². The third-order valence-corrected chi connectivity index (χ3v) is 7.62. The summed E-state index contributed by atoms with van der Waals surface area (Å²) in [6, 6.07) is 8.48. The van der Waals surface area contributed by atoms with Crippen LogP contribution in [0.15, 0.2) is 40.6 Å². The Hall–Kier alpha value is -0.880. The van der Waals surface area contributed by atoms with Gasteiger partial charge in [-0.05, 0) is 61.0 Å². The fourth-order valence-electron chi connectivity index (χ4n) is 3.10. The lowest BCUT2D eigenvalue weighted by Gasteiger charge is -2.29. The van der Waals surface area contributed by atoms with Gasteiger partial charge >= 0.3 is 0 Å². The van der Waals surface area contributed by atoms with Crippen molar-refractivity contribution in [2.45, 2.75) is 43.5 Å². The summed E-state index contributed by atoms with van der Waals surface area (Å²) < 4.78 is 28.0. The molecule has 2 aromatic rings. The molecule has 1 aromatic heterocycles. The SMILES string of the molecule is Cc1ccsc1C1CCCCCN1S(=O)(=O)c1ccc(Cl)cc1. The summed E-state index contributed by atoms with van der Waals surface area (Å²) in [7, 11) is -3.51. The van der Waals surface area contributed by atoms with Crippen molar-refractivity contribution in [3.8, 4) is 0 Å². The van der Waals surface area contributed by atoms with Gasteiger partial charge in [0.1, 0.15) is 0 Å². The molecule has 1 atom stereocenters. The van der Waals surface area contributed by atoms with E-state index in [0.29, 0.717) is 16.5 Å². The molecule has 124 valence electrons. The molecular weight excluding hydrogens is 350 g/mol. The van der Waals surface area contributed by atoms with E-state index in [1.165, 1.54) is 10.4 Å². The van der Waals surface area contributed by atoms with Crippen LogP contribution in [0.2, 0.25) is 5.02 Å². The number of aryl methyl sites for hydroxylation is 1. The van der Waals surface area contributed by atoms with Gasteiger partial charge in [0.05, 0.1) is 10.9 Å². The second-order valence-corrected chi connectivity index (χ2v) is 9.18. The van der Waals surface area contributed by atoms with Gasteiger partial charge in [-0.15, -0.1) is 11.3 Å². The van der Waals surface area contributed by atoms with Gasteiger partial charge in [0.2, 0.25) is 10.0 Å². The number of sulfonamides is 1. The first-order chi connectivity index (χ1) is 11.0. The van der Waals surface area contributed by atoms with Gasteiger partial charge < -0.3 is 0 Å². The third kappa shape index (κ3) is 3.48. The topological polar surface area (TPSA) is 37.4 Å². The zero-order chi connectivity index (χ0) is 16.4. The Morgan fingerprint density at radius 2 is 1.87 bits per heavy atom. The number of halogens is 1. The number of benzene rings is 1. The molecule has 1 aliphatic rings. The predicted molar refractivity (Wildman–Crippen MR) is 95.6 cm³/mol. The van der Waals surface area contributed by atoms with Crippen LogP contribution in [0.5, 0.6) is 0 Å². The van der Waals surface area contributed by atoms with Gasteiger partial charge in [0.15, 0.2) is 0 Å². The maximum Gasteiger partial charge on any atom is 0.243 e. The molecule has 6 heteroatoms. The van der Waals surface area contributed by atoms with E-state index in [1.54, 1.807) is 39.9 Å². The molecule has 1 aliphatic heterocycles. The number of nitrogens with zero attached hydrogens (tertiary/aromatic N) is 1. The van der Waals surface area contributed by atoms with Crippen LogP contribution in [0, 0.1) is 6.92 Å². The van der Waals surface area contributed by atoms with E-state index in [0.717, 1.165) is 25.7 Å². The first-order valence-electron chi connectivity index (χ1n) is 7.81. The minimum absolute atomic E-state index is 0.0572. The van der Waals surface area contributed by atoms with Crippen LogP contribution in [-0.4, -0.2) is 19.3 Å². The van der Waals surface area contributed by atoms with Crippen molar-refractivity contribution in [3.63, 3.8) is 0 Å². The molecular formula is C17H20ClNO2S2. The summed E-state index contributed by atoms with van der Waals surface area (Å²) in [5.41, 5.74) is 1.18. The fourth-order valence-corrected chi connectivity index (χ4v) is 6.03. The van der Waals surface area contributed by atoms with Crippen molar-refractivity contribution in [2.24, 2.45) is 0 Å². The van der Waals surface area contributed by atoms with Crippen molar-refractivity contribution in [1.82, 2.24) is 4.31 Å². The second kappa shape index (κ2) is 6.93. The van der Waals surface area contributed by atoms with Crippen LogP contribution in [0.3, 0.4) is 0 Å². The lowest BCUT2D eigenvalue weighted by molar-refractivity contribution is 0.332. The Balaban J connectivity index is 2.02. The molecule has 0 bridgehead atoms. The normalized spacial score (nSPS) is 20.3. The maximum atomic E-state index is 13.2. The molecule has 2 heterocycles. The molecule has 1 saturated heterocycles. The van der Waals surface area contributed by atoms with E-state index in [2.05, 4.69) is 13.0 Å². The van der Waals surface area contributed by atoms with E-state index < -0.39 is 10.0 Å². The molecule has 0 aliphatic carbocycles. The Labute approximate surface area is 147 Å². The lowest BCUT2D eigenvalue weighted by Crippen LogP contribution is -2.34. The monoisotopic (exact) mass is 369 g/mol. The molecule has 1 aromatic carbocycles. The van der Waals surface area contributed by atoms with Crippen LogP contribution < -0.4 is 0 Å². The van der Waals surface area contributed by atoms with Crippen molar-refractivity contribution in [1.29, 1.82) is 0 Å². The molecule has 0 saturated carbocycles. The summed E-state index contributed by atoms with van der Waals surface area (Å²) >= 11 is 7.55. The Bertz CT molecular complexity index is 768. The fraction of sp³-hybridized carbons (Fsp3) is 0.412. The smallest absolute Gasteiger partial charge is 0.207 e. The number of hydrogen-bond acceptors (Lipinski definition) is 3. The largest absolute Gasteiger partial charge is 0.243 e. The molecule has 1 fully saturated rings. The average Bonchev–Trinajstić information content (AvgIpc) is 2.80. The zero-order valence-electron chi connectivity index (χ0n) is 13.0. The molecule has 3 nitrogen and oxygen atoms in total. The Morgan fingerprint density at radius 1 is 1.13 bits per heavy atom. The van der Waals surface area contributed by atoms with E-state index >= 15 is 0 Å². The minimum atomic E-state index is -3.51. The highest BCUT2D eigenvalue weighted by Crippen LogP contribution is 2.38. The summed E-state index contributed by atoms with van der Waals surface area (Å²) in [5.74, 6) is 0. The second-order valence-electron chi connectivity index (χ2n) is 5.90. The Morgan fingerprint density at radius 3 is 2.52 bits per heavy atom. The van der Waals surface area contributed by atoms with E-state index in [-0.39, 0.29) is 6.04 Å². The van der Waals surface area contributed by atoms with Crippen LogP contribution in [-0.2, 0) is 10.0 Å². The van der Waals surface area contributed by atoms with Gasteiger partial charge in [-0.3, -0.25) is 0 Å². The van der Waals surface area contributed by atoms with Crippen molar-refractivity contribution in [3.05, 3.63) is 51.2 Å². The van der Waals surface area contributed by atoms with Gasteiger partial charge in [-0.2, -0.15) is 4.31 Å². The van der Waals surface area contributed by atoms with Crippen LogP contribution in [0.1, 0.15) is 42.2 Å². The summed E-state index contributed by atoms with van der Waals surface area (Å²) in [6.07, 6.45) is 3.93. The Kier molecular flexibility index (Phi) is 5.11. The van der Waals surface area contributed by atoms with Crippen molar-refractivity contribution >= 4 is 33.0 Å². The van der Waals surface area contributed by atoms with Gasteiger partial charge in [0.25, 0.3) is 0 Å². The highest BCUT2D eigenvalue weighted by atomic mass is 35.5. The molecule has 0 spiro atoms. The van der Waals surface area contributed by atoms with E-state index in [9.17, 15) is 8.42 Å². The first-order valence-corrected chi connectivity index (χ1v) is 10.5. The van der Waals surface area contributed by atoms with Gasteiger partial charge in [-0.1, -0.05) is 24.4 Å². The number of hydrogen-bond donors (Lipinski definition) is 0. The molecule has 3 rings (SSSR count). The zero-order valence-corrected chi connectivity index (χ0v) is 15.4. The third-order valence-electron chi connectivity index (χ3n) is 4.33. The summed E-state index contributed by atoms with van der Waals surface area (Å²) in [5, 5.41) is 2.59. The van der Waals surface area contributed by atoms with Gasteiger partial charge in [-0.25, -0.2) is 8.42 Å². The van der Waals surface area contributed by atoms with Crippen molar-refractivity contribution in [2.75, 3.05) is 6.54 Å². The standard InChI is InChI=1S/C17H20ClNO2S2/c1-13-10-12-22-17(13)16-5-3-2-4-11-19(16)23(20,21)15-8-6-14(18)7-9-15/h6-10,12,16H,2-5,11H2,1H3. The van der Waals surface area contributed by atoms with Gasteiger partial charge in [0, 0.05) is 16.4 Å². The predicted octanol–water partition coefficient (Wildman–Crippen LogP) is 5.02. The molecule has 0 N–H and O–H groups in total. The molecule has 0 radical (unpaired) electrons. The number of thiophene rings is 1. The van der Waals surface area contributed by atoms with E-state index in [4.69, 9.17) is 11.6 Å². The minimum Gasteiger partial charge on any atom is -0.207 e. The molecule has 1 unspecified atom stereocenters. The molecule has 23 heavy (non-hydrogen) atoms. The van der Waals surface area contributed by atoms with Crippen LogP contribution >= 0.6 is 22.9 Å². The van der Waals surface area contributed by atoms with Crippen LogP contribution in [0.4, 0.5) is 0 Å². The highest BCUT2D eigenvalue weighted by Gasteiger charge is 2.34.